The Morgan fingerprint density at radius 3 is 2.48 bits per heavy atom. The summed E-state index contributed by atoms with van der Waals surface area (Å²) >= 11 is 6.08. The molecule has 0 saturated carbocycles. The SMILES string of the molecule is CC[C@H](NC(=O)c1ccccc1Cl)c1ccc(C)c(C)c1. The maximum Gasteiger partial charge on any atom is 0.253 e. The van der Waals surface area contributed by atoms with E-state index in [1.54, 1.807) is 12.1 Å². The van der Waals surface area contributed by atoms with Crippen LogP contribution in [0.1, 0.15) is 46.4 Å². The highest BCUT2D eigenvalue weighted by Gasteiger charge is 2.16. The van der Waals surface area contributed by atoms with Gasteiger partial charge in [0.1, 0.15) is 0 Å². The van der Waals surface area contributed by atoms with E-state index in [2.05, 4.69) is 44.3 Å². The van der Waals surface area contributed by atoms with Crippen LogP contribution in [0, 0.1) is 13.8 Å². The van der Waals surface area contributed by atoms with E-state index in [1.807, 2.05) is 12.1 Å². The summed E-state index contributed by atoms with van der Waals surface area (Å²) < 4.78 is 0. The standard InChI is InChI=1S/C18H20ClNO/c1-4-17(14-10-9-12(2)13(3)11-14)20-18(21)15-7-5-6-8-16(15)19/h5-11,17H,4H2,1-3H3,(H,20,21)/t17-/m0/s1. The summed E-state index contributed by atoms with van der Waals surface area (Å²) in [6.07, 6.45) is 0.832. The molecule has 2 nitrogen and oxygen atoms in total. The van der Waals surface area contributed by atoms with Gasteiger partial charge in [0.25, 0.3) is 5.91 Å². The molecule has 0 heterocycles. The smallest absolute Gasteiger partial charge is 0.253 e. The van der Waals surface area contributed by atoms with E-state index >= 15 is 0 Å². The van der Waals surface area contributed by atoms with E-state index in [-0.39, 0.29) is 11.9 Å². The number of amides is 1. The summed E-state index contributed by atoms with van der Waals surface area (Å²) in [7, 11) is 0. The molecule has 0 saturated heterocycles. The van der Waals surface area contributed by atoms with Crippen LogP contribution in [0.5, 0.6) is 0 Å². The number of rotatable bonds is 4. The van der Waals surface area contributed by atoms with Crippen molar-refractivity contribution in [2.75, 3.05) is 0 Å². The molecule has 2 aromatic rings. The van der Waals surface area contributed by atoms with Crippen molar-refractivity contribution in [2.45, 2.75) is 33.2 Å². The van der Waals surface area contributed by atoms with E-state index in [9.17, 15) is 4.79 Å². The Hall–Kier alpha value is -1.80. The van der Waals surface area contributed by atoms with E-state index in [0.717, 1.165) is 12.0 Å². The van der Waals surface area contributed by atoms with E-state index in [4.69, 9.17) is 11.6 Å². The Bertz CT molecular complexity index is 651. The first kappa shape index (κ1) is 15.6. The van der Waals surface area contributed by atoms with Gasteiger partial charge in [-0.05, 0) is 49.1 Å². The zero-order valence-electron chi connectivity index (χ0n) is 12.6. The molecule has 2 rings (SSSR count). The molecule has 3 heteroatoms. The van der Waals surface area contributed by atoms with Crippen molar-refractivity contribution < 1.29 is 4.79 Å². The summed E-state index contributed by atoms with van der Waals surface area (Å²) in [4.78, 5) is 12.4. The Kier molecular flexibility index (Phi) is 5.03. The fourth-order valence-electron chi connectivity index (χ4n) is 2.28. The minimum absolute atomic E-state index is 0.00641. The topological polar surface area (TPSA) is 29.1 Å². The van der Waals surface area contributed by atoms with Crippen molar-refractivity contribution in [3.05, 3.63) is 69.7 Å². The van der Waals surface area contributed by atoms with Crippen LogP contribution in [0.2, 0.25) is 5.02 Å². The Balaban J connectivity index is 2.21. The van der Waals surface area contributed by atoms with Crippen molar-refractivity contribution >= 4 is 17.5 Å². The highest BCUT2D eigenvalue weighted by Crippen LogP contribution is 2.22. The molecule has 0 aliphatic rings. The molecular weight excluding hydrogens is 282 g/mol. The maximum absolute atomic E-state index is 12.4. The van der Waals surface area contributed by atoms with Gasteiger partial charge in [0, 0.05) is 0 Å². The first-order chi connectivity index (χ1) is 10.0. The summed E-state index contributed by atoms with van der Waals surface area (Å²) in [6, 6.07) is 13.4. The van der Waals surface area contributed by atoms with Gasteiger partial charge >= 0.3 is 0 Å². The number of benzene rings is 2. The molecule has 1 amide bonds. The minimum atomic E-state index is -0.134. The lowest BCUT2D eigenvalue weighted by Gasteiger charge is -2.19. The molecule has 0 unspecified atom stereocenters. The van der Waals surface area contributed by atoms with Gasteiger partial charge in [0.15, 0.2) is 0 Å². The number of aryl methyl sites for hydroxylation is 2. The third-order valence-electron chi connectivity index (χ3n) is 3.77. The minimum Gasteiger partial charge on any atom is -0.345 e. The molecule has 0 aliphatic heterocycles. The van der Waals surface area contributed by atoms with Crippen LogP contribution < -0.4 is 5.32 Å². The van der Waals surface area contributed by atoms with E-state index in [1.165, 1.54) is 11.1 Å². The van der Waals surface area contributed by atoms with Gasteiger partial charge in [-0.15, -0.1) is 0 Å². The van der Waals surface area contributed by atoms with Crippen molar-refractivity contribution in [2.24, 2.45) is 0 Å². The number of carbonyl (C=O) groups excluding carboxylic acids is 1. The van der Waals surface area contributed by atoms with Crippen molar-refractivity contribution in [3.63, 3.8) is 0 Å². The molecular formula is C18H20ClNO. The molecule has 0 fully saturated rings. The molecule has 1 atom stereocenters. The summed E-state index contributed by atoms with van der Waals surface area (Å²) in [5, 5.41) is 3.54. The largest absolute Gasteiger partial charge is 0.345 e. The lowest BCUT2D eigenvalue weighted by atomic mass is 9.99. The van der Waals surface area contributed by atoms with Gasteiger partial charge in [-0.1, -0.05) is 48.9 Å². The summed E-state index contributed by atoms with van der Waals surface area (Å²) in [5.74, 6) is -0.134. The van der Waals surface area contributed by atoms with Gasteiger partial charge in [0.05, 0.1) is 16.6 Å². The second-order valence-electron chi connectivity index (χ2n) is 5.26. The molecule has 110 valence electrons. The number of hydrogen-bond acceptors (Lipinski definition) is 1. The van der Waals surface area contributed by atoms with Crippen LogP contribution in [-0.4, -0.2) is 5.91 Å². The average Bonchev–Trinajstić information content (AvgIpc) is 2.48. The molecule has 21 heavy (non-hydrogen) atoms. The summed E-state index contributed by atoms with van der Waals surface area (Å²) in [5.41, 5.74) is 4.13. The highest BCUT2D eigenvalue weighted by molar-refractivity contribution is 6.33. The van der Waals surface area contributed by atoms with Crippen LogP contribution in [0.3, 0.4) is 0 Å². The Labute approximate surface area is 131 Å². The van der Waals surface area contributed by atoms with Gasteiger partial charge < -0.3 is 5.32 Å². The normalized spacial score (nSPS) is 12.0. The third-order valence-corrected chi connectivity index (χ3v) is 4.09. The number of hydrogen-bond donors (Lipinski definition) is 1. The average molecular weight is 302 g/mol. The summed E-state index contributed by atoms with van der Waals surface area (Å²) in [6.45, 7) is 6.23. The van der Waals surface area contributed by atoms with Crippen LogP contribution in [0.25, 0.3) is 0 Å². The molecule has 0 aromatic heterocycles. The number of carbonyl (C=O) groups is 1. The lowest BCUT2D eigenvalue weighted by molar-refractivity contribution is 0.0935. The quantitative estimate of drug-likeness (QED) is 0.860. The van der Waals surface area contributed by atoms with Crippen LogP contribution >= 0.6 is 11.6 Å². The van der Waals surface area contributed by atoms with Gasteiger partial charge in [-0.2, -0.15) is 0 Å². The third kappa shape index (κ3) is 3.64. The number of halogens is 1. The monoisotopic (exact) mass is 301 g/mol. The fraction of sp³-hybridized carbons (Fsp3) is 0.278. The first-order valence-electron chi connectivity index (χ1n) is 7.15. The Morgan fingerprint density at radius 2 is 1.86 bits per heavy atom. The molecule has 0 bridgehead atoms. The zero-order valence-corrected chi connectivity index (χ0v) is 13.4. The predicted octanol–water partition coefficient (Wildman–Crippen LogP) is 4.84. The van der Waals surface area contributed by atoms with Crippen LogP contribution in [0.4, 0.5) is 0 Å². The molecule has 1 N–H and O–H groups in total. The second kappa shape index (κ2) is 6.77. The molecule has 0 radical (unpaired) electrons. The van der Waals surface area contributed by atoms with E-state index < -0.39 is 0 Å². The highest BCUT2D eigenvalue weighted by atomic mass is 35.5. The maximum atomic E-state index is 12.4. The van der Waals surface area contributed by atoms with Gasteiger partial charge in [0.2, 0.25) is 0 Å². The first-order valence-corrected chi connectivity index (χ1v) is 7.53. The van der Waals surface area contributed by atoms with Gasteiger partial charge in [-0.25, -0.2) is 0 Å². The second-order valence-corrected chi connectivity index (χ2v) is 5.67. The fourth-order valence-corrected chi connectivity index (χ4v) is 2.51. The molecule has 2 aromatic carbocycles. The molecule has 0 spiro atoms. The lowest BCUT2D eigenvalue weighted by Crippen LogP contribution is -2.28. The molecule has 0 aliphatic carbocycles. The van der Waals surface area contributed by atoms with Crippen molar-refractivity contribution in [1.82, 2.24) is 5.32 Å². The Morgan fingerprint density at radius 1 is 1.14 bits per heavy atom. The van der Waals surface area contributed by atoms with Crippen molar-refractivity contribution in [3.8, 4) is 0 Å². The predicted molar refractivity (Wildman–Crippen MR) is 87.9 cm³/mol. The van der Waals surface area contributed by atoms with Crippen LogP contribution in [0.15, 0.2) is 42.5 Å². The van der Waals surface area contributed by atoms with Crippen LogP contribution in [-0.2, 0) is 0 Å². The van der Waals surface area contributed by atoms with Crippen molar-refractivity contribution in [1.29, 1.82) is 0 Å². The van der Waals surface area contributed by atoms with Gasteiger partial charge in [-0.3, -0.25) is 4.79 Å². The zero-order chi connectivity index (χ0) is 15.4. The van der Waals surface area contributed by atoms with E-state index in [0.29, 0.717) is 10.6 Å². The number of nitrogens with one attached hydrogen (secondary N) is 1.